The van der Waals surface area contributed by atoms with Crippen LogP contribution in [0.15, 0.2) is 48.5 Å². The van der Waals surface area contributed by atoms with E-state index in [-0.39, 0.29) is 31.0 Å². The summed E-state index contributed by atoms with van der Waals surface area (Å²) in [5.41, 5.74) is 2.71. The summed E-state index contributed by atoms with van der Waals surface area (Å²) >= 11 is 0. The average Bonchev–Trinajstić information content (AvgIpc) is 2.58. The topological polar surface area (TPSA) is 58.6 Å². The third-order valence-electron chi connectivity index (χ3n) is 4.04. The number of anilines is 1. The maximum atomic E-state index is 12.4. The molecule has 0 fully saturated rings. The quantitative estimate of drug-likeness (QED) is 0.940. The molecule has 1 heterocycles. The van der Waals surface area contributed by atoms with Gasteiger partial charge in [0.25, 0.3) is 5.91 Å². The van der Waals surface area contributed by atoms with E-state index in [2.05, 4.69) is 5.32 Å². The lowest BCUT2D eigenvalue weighted by molar-refractivity contribution is -0.125. The number of aryl methyl sites for hydroxylation is 1. The Bertz CT molecular complexity index is 758. The number of amides is 2. The Hall–Kier alpha value is -2.82. The minimum Gasteiger partial charge on any atom is -0.482 e. The number of carbonyl (C=O) groups excluding carboxylic acids is 2. The predicted octanol–water partition coefficient (Wildman–Crippen LogP) is 2.60. The molecular weight excluding hydrogens is 304 g/mol. The fourth-order valence-corrected chi connectivity index (χ4v) is 2.74. The molecule has 0 aliphatic carbocycles. The van der Waals surface area contributed by atoms with E-state index in [1.807, 2.05) is 62.4 Å². The van der Waals surface area contributed by atoms with Crippen molar-refractivity contribution < 1.29 is 14.3 Å². The Balaban J connectivity index is 1.71. The molecule has 24 heavy (non-hydrogen) atoms. The maximum absolute atomic E-state index is 12.4. The van der Waals surface area contributed by atoms with Crippen molar-refractivity contribution in [2.24, 2.45) is 0 Å². The van der Waals surface area contributed by atoms with Crippen molar-refractivity contribution in [1.82, 2.24) is 5.32 Å². The van der Waals surface area contributed by atoms with Crippen LogP contribution in [0, 0.1) is 6.92 Å². The van der Waals surface area contributed by atoms with Crippen LogP contribution in [0.1, 0.15) is 24.1 Å². The molecule has 0 aromatic heterocycles. The highest BCUT2D eigenvalue weighted by molar-refractivity contribution is 6.02. The lowest BCUT2D eigenvalue weighted by Gasteiger charge is -2.29. The minimum absolute atomic E-state index is 0.0184. The van der Waals surface area contributed by atoms with E-state index in [0.717, 1.165) is 11.1 Å². The second-order valence-corrected chi connectivity index (χ2v) is 5.94. The first-order valence-corrected chi connectivity index (χ1v) is 7.93. The minimum atomic E-state index is -0.214. The molecule has 0 saturated heterocycles. The number of nitrogens with one attached hydrogen (secondary N) is 1. The third kappa shape index (κ3) is 3.40. The van der Waals surface area contributed by atoms with Gasteiger partial charge in [-0.05, 0) is 37.1 Å². The van der Waals surface area contributed by atoms with Crippen LogP contribution in [0.5, 0.6) is 5.75 Å². The lowest BCUT2D eigenvalue weighted by Crippen LogP contribution is -2.45. The molecule has 0 radical (unpaired) electrons. The van der Waals surface area contributed by atoms with Crippen LogP contribution < -0.4 is 15.0 Å². The highest BCUT2D eigenvalue weighted by Crippen LogP contribution is 2.32. The molecule has 0 spiro atoms. The summed E-state index contributed by atoms with van der Waals surface area (Å²) in [7, 11) is 0. The molecule has 1 aliphatic rings. The highest BCUT2D eigenvalue weighted by Gasteiger charge is 2.27. The Kier molecular flexibility index (Phi) is 4.51. The molecule has 2 amide bonds. The maximum Gasteiger partial charge on any atom is 0.265 e. The van der Waals surface area contributed by atoms with Gasteiger partial charge in [0.2, 0.25) is 5.91 Å². The monoisotopic (exact) mass is 324 g/mol. The van der Waals surface area contributed by atoms with E-state index in [9.17, 15) is 9.59 Å². The summed E-state index contributed by atoms with van der Waals surface area (Å²) in [6, 6.07) is 15.2. The van der Waals surface area contributed by atoms with Gasteiger partial charge >= 0.3 is 0 Å². The van der Waals surface area contributed by atoms with Crippen LogP contribution in [-0.2, 0) is 9.59 Å². The van der Waals surface area contributed by atoms with Gasteiger partial charge in [0.15, 0.2) is 6.61 Å². The Morgan fingerprint density at radius 1 is 1.25 bits per heavy atom. The van der Waals surface area contributed by atoms with Crippen molar-refractivity contribution in [2.45, 2.75) is 19.9 Å². The van der Waals surface area contributed by atoms with Gasteiger partial charge in [0, 0.05) is 0 Å². The van der Waals surface area contributed by atoms with Gasteiger partial charge in [-0.3, -0.25) is 14.5 Å². The van der Waals surface area contributed by atoms with Crippen molar-refractivity contribution >= 4 is 17.5 Å². The molecule has 124 valence electrons. The van der Waals surface area contributed by atoms with Gasteiger partial charge in [-0.1, -0.05) is 36.4 Å². The van der Waals surface area contributed by atoms with E-state index >= 15 is 0 Å². The van der Waals surface area contributed by atoms with Gasteiger partial charge < -0.3 is 10.1 Å². The van der Waals surface area contributed by atoms with Crippen LogP contribution in [0.3, 0.4) is 0 Å². The molecule has 0 bridgehead atoms. The molecule has 5 heteroatoms. The molecule has 1 atom stereocenters. The molecule has 3 rings (SSSR count). The van der Waals surface area contributed by atoms with E-state index in [0.29, 0.717) is 11.4 Å². The van der Waals surface area contributed by atoms with Crippen LogP contribution in [0.4, 0.5) is 5.69 Å². The number of nitrogens with zero attached hydrogens (tertiary/aromatic N) is 1. The number of fused-ring (bicyclic) bond motifs is 1. The largest absolute Gasteiger partial charge is 0.482 e. The smallest absolute Gasteiger partial charge is 0.265 e. The summed E-state index contributed by atoms with van der Waals surface area (Å²) in [6.45, 7) is 3.82. The first-order valence-electron chi connectivity index (χ1n) is 7.93. The van der Waals surface area contributed by atoms with Crippen LogP contribution >= 0.6 is 0 Å². The summed E-state index contributed by atoms with van der Waals surface area (Å²) < 4.78 is 5.46. The van der Waals surface area contributed by atoms with E-state index in [1.54, 1.807) is 0 Å². The van der Waals surface area contributed by atoms with E-state index < -0.39 is 0 Å². The SMILES string of the molecule is Cc1ccc2c(c1)OCC(=O)N2CC(=O)N[C@H](C)c1ccccc1. The zero-order chi connectivity index (χ0) is 17.1. The van der Waals surface area contributed by atoms with Gasteiger partial charge in [-0.25, -0.2) is 0 Å². The van der Waals surface area contributed by atoms with E-state index in [1.165, 1.54) is 4.90 Å². The van der Waals surface area contributed by atoms with Crippen LogP contribution in [-0.4, -0.2) is 25.0 Å². The normalized spacial score (nSPS) is 14.6. The number of carbonyl (C=O) groups is 2. The second kappa shape index (κ2) is 6.74. The molecule has 1 N–H and O–H groups in total. The summed E-state index contributed by atoms with van der Waals surface area (Å²) in [6.07, 6.45) is 0. The standard InChI is InChI=1S/C19H20N2O3/c1-13-8-9-16-17(10-13)24-12-19(23)21(16)11-18(22)20-14(2)15-6-4-3-5-7-15/h3-10,14H,11-12H2,1-2H3,(H,20,22)/t14-/m1/s1. The van der Waals surface area contributed by atoms with Crippen molar-refractivity contribution in [3.8, 4) is 5.75 Å². The molecule has 1 aliphatic heterocycles. The fraction of sp³-hybridized carbons (Fsp3) is 0.263. The Morgan fingerprint density at radius 2 is 2.00 bits per heavy atom. The second-order valence-electron chi connectivity index (χ2n) is 5.94. The molecule has 0 unspecified atom stereocenters. The number of benzene rings is 2. The molecule has 2 aromatic carbocycles. The van der Waals surface area contributed by atoms with Crippen molar-refractivity contribution in [3.63, 3.8) is 0 Å². The first kappa shape index (κ1) is 16.1. The molecule has 0 saturated carbocycles. The first-order chi connectivity index (χ1) is 11.5. The fourth-order valence-electron chi connectivity index (χ4n) is 2.74. The van der Waals surface area contributed by atoms with E-state index in [4.69, 9.17) is 4.74 Å². The molecular formula is C19H20N2O3. The molecule has 2 aromatic rings. The zero-order valence-electron chi connectivity index (χ0n) is 13.8. The number of rotatable bonds is 4. The van der Waals surface area contributed by atoms with Gasteiger partial charge in [0.1, 0.15) is 12.3 Å². The van der Waals surface area contributed by atoms with Crippen LogP contribution in [0.2, 0.25) is 0 Å². The Labute approximate surface area is 141 Å². The average molecular weight is 324 g/mol. The van der Waals surface area contributed by atoms with Crippen molar-refractivity contribution in [2.75, 3.05) is 18.1 Å². The predicted molar refractivity (Wildman–Crippen MR) is 92.0 cm³/mol. The van der Waals surface area contributed by atoms with Gasteiger partial charge in [0.05, 0.1) is 11.7 Å². The van der Waals surface area contributed by atoms with Gasteiger partial charge in [-0.15, -0.1) is 0 Å². The zero-order valence-corrected chi connectivity index (χ0v) is 13.8. The van der Waals surface area contributed by atoms with Gasteiger partial charge in [-0.2, -0.15) is 0 Å². The summed E-state index contributed by atoms with van der Waals surface area (Å²) in [5.74, 6) is 0.223. The number of hydrogen-bond acceptors (Lipinski definition) is 3. The number of ether oxygens (including phenoxy) is 1. The van der Waals surface area contributed by atoms with Crippen LogP contribution in [0.25, 0.3) is 0 Å². The number of hydrogen-bond donors (Lipinski definition) is 1. The summed E-state index contributed by atoms with van der Waals surface area (Å²) in [5, 5.41) is 2.93. The summed E-state index contributed by atoms with van der Waals surface area (Å²) in [4.78, 5) is 26.0. The Morgan fingerprint density at radius 3 is 2.75 bits per heavy atom. The lowest BCUT2D eigenvalue weighted by atomic mass is 10.1. The van der Waals surface area contributed by atoms with Crippen molar-refractivity contribution in [3.05, 3.63) is 59.7 Å². The highest BCUT2D eigenvalue weighted by atomic mass is 16.5. The molecule has 5 nitrogen and oxygen atoms in total. The van der Waals surface area contributed by atoms with Crippen molar-refractivity contribution in [1.29, 1.82) is 0 Å². The third-order valence-corrected chi connectivity index (χ3v) is 4.04.